The summed E-state index contributed by atoms with van der Waals surface area (Å²) in [5.41, 5.74) is 1.02. The minimum atomic E-state index is 0.441. The maximum absolute atomic E-state index is 8.52. The summed E-state index contributed by atoms with van der Waals surface area (Å²) in [7, 11) is 0. The van der Waals surface area contributed by atoms with Gasteiger partial charge in [0.05, 0.1) is 12.5 Å². The van der Waals surface area contributed by atoms with Crippen molar-refractivity contribution in [2.24, 2.45) is 0 Å². The van der Waals surface area contributed by atoms with Crippen molar-refractivity contribution in [2.45, 2.75) is 6.42 Å². The van der Waals surface area contributed by atoms with Crippen LogP contribution in [0.3, 0.4) is 0 Å². The molecule has 0 N–H and O–H groups in total. The van der Waals surface area contributed by atoms with Crippen LogP contribution in [0.4, 0.5) is 0 Å². The standard InChI is InChI=1S/C8H4Br2IN/c9-7-5(3-4-12)1-2-6(11)8(7)10/h1-2H,3H2. The van der Waals surface area contributed by atoms with E-state index in [0.717, 1.165) is 18.1 Å². The molecule has 0 unspecified atom stereocenters. The number of hydrogen-bond donors (Lipinski definition) is 0. The van der Waals surface area contributed by atoms with Crippen LogP contribution in [0.15, 0.2) is 21.1 Å². The Morgan fingerprint density at radius 2 is 2.00 bits per heavy atom. The molecule has 1 rings (SSSR count). The fraction of sp³-hybridized carbons (Fsp3) is 0.125. The van der Waals surface area contributed by atoms with E-state index in [1.165, 1.54) is 0 Å². The highest BCUT2D eigenvalue weighted by Crippen LogP contribution is 2.31. The second kappa shape index (κ2) is 4.58. The topological polar surface area (TPSA) is 23.8 Å². The Hall–Kier alpha value is 0.400. The third-order valence-corrected chi connectivity index (χ3v) is 5.29. The first-order valence-corrected chi connectivity index (χ1v) is 5.82. The smallest absolute Gasteiger partial charge is 0.0670 e. The molecule has 0 atom stereocenters. The van der Waals surface area contributed by atoms with Crippen molar-refractivity contribution in [3.8, 4) is 6.07 Å². The van der Waals surface area contributed by atoms with Gasteiger partial charge in [-0.3, -0.25) is 0 Å². The first-order valence-electron chi connectivity index (χ1n) is 3.16. The molecule has 0 fully saturated rings. The molecule has 0 aliphatic carbocycles. The molecule has 0 aliphatic heterocycles. The Morgan fingerprint density at radius 1 is 1.33 bits per heavy atom. The summed E-state index contributed by atoms with van der Waals surface area (Å²) < 4.78 is 3.15. The summed E-state index contributed by atoms with van der Waals surface area (Å²) >= 11 is 9.10. The zero-order chi connectivity index (χ0) is 9.14. The van der Waals surface area contributed by atoms with Crippen LogP contribution in [0.1, 0.15) is 5.56 Å². The second-order valence-electron chi connectivity index (χ2n) is 2.17. The molecule has 0 saturated heterocycles. The Labute approximate surface area is 102 Å². The Morgan fingerprint density at radius 3 is 2.58 bits per heavy atom. The molecular formula is C8H4Br2IN. The molecule has 0 spiro atoms. The molecule has 1 aromatic rings. The zero-order valence-electron chi connectivity index (χ0n) is 5.94. The molecule has 0 amide bonds. The van der Waals surface area contributed by atoms with E-state index < -0.39 is 0 Å². The van der Waals surface area contributed by atoms with Crippen molar-refractivity contribution in [1.82, 2.24) is 0 Å². The highest BCUT2D eigenvalue weighted by molar-refractivity contribution is 14.1. The predicted octanol–water partition coefficient (Wildman–Crippen LogP) is 3.88. The average molecular weight is 401 g/mol. The van der Waals surface area contributed by atoms with Crippen LogP contribution in [0, 0.1) is 14.9 Å². The van der Waals surface area contributed by atoms with E-state index in [1.54, 1.807) is 0 Å². The van der Waals surface area contributed by atoms with Gasteiger partial charge in [-0.1, -0.05) is 6.07 Å². The highest BCUT2D eigenvalue weighted by atomic mass is 127. The van der Waals surface area contributed by atoms with Gasteiger partial charge in [0, 0.05) is 12.5 Å². The number of nitriles is 1. The SMILES string of the molecule is N#CCc1ccc(I)c(Br)c1Br. The third kappa shape index (κ3) is 2.21. The number of halogens is 3. The maximum Gasteiger partial charge on any atom is 0.0670 e. The lowest BCUT2D eigenvalue weighted by molar-refractivity contribution is 1.23. The predicted molar refractivity (Wildman–Crippen MR) is 63.9 cm³/mol. The van der Waals surface area contributed by atoms with Gasteiger partial charge in [-0.15, -0.1) is 0 Å². The maximum atomic E-state index is 8.52. The lowest BCUT2D eigenvalue weighted by atomic mass is 10.2. The highest BCUT2D eigenvalue weighted by Gasteiger charge is 2.06. The van der Waals surface area contributed by atoms with Crippen molar-refractivity contribution in [3.05, 3.63) is 30.2 Å². The van der Waals surface area contributed by atoms with Gasteiger partial charge in [-0.25, -0.2) is 0 Å². The van der Waals surface area contributed by atoms with Gasteiger partial charge in [0.25, 0.3) is 0 Å². The largest absolute Gasteiger partial charge is 0.198 e. The summed E-state index contributed by atoms with van der Waals surface area (Å²) in [6, 6.07) is 6.06. The molecule has 1 aromatic carbocycles. The first-order chi connectivity index (χ1) is 5.66. The quantitative estimate of drug-likeness (QED) is 0.518. The van der Waals surface area contributed by atoms with Crippen molar-refractivity contribution in [2.75, 3.05) is 0 Å². The van der Waals surface area contributed by atoms with E-state index >= 15 is 0 Å². The number of rotatable bonds is 1. The van der Waals surface area contributed by atoms with Crippen LogP contribution in [0.5, 0.6) is 0 Å². The van der Waals surface area contributed by atoms with Crippen molar-refractivity contribution in [1.29, 1.82) is 5.26 Å². The molecular weight excluding hydrogens is 397 g/mol. The molecule has 0 bridgehead atoms. The van der Waals surface area contributed by atoms with E-state index in [9.17, 15) is 0 Å². The minimum Gasteiger partial charge on any atom is -0.198 e. The summed E-state index contributed by atoms with van der Waals surface area (Å²) in [6.07, 6.45) is 0.441. The number of benzene rings is 1. The third-order valence-electron chi connectivity index (χ3n) is 1.38. The van der Waals surface area contributed by atoms with E-state index in [-0.39, 0.29) is 0 Å². The first kappa shape index (κ1) is 10.5. The second-order valence-corrected chi connectivity index (χ2v) is 4.92. The molecule has 4 heteroatoms. The molecule has 0 aliphatic rings. The summed E-state index contributed by atoms with van der Waals surface area (Å²) in [4.78, 5) is 0. The van der Waals surface area contributed by atoms with Gasteiger partial charge in [0.2, 0.25) is 0 Å². The van der Waals surface area contributed by atoms with Crippen LogP contribution in [0.2, 0.25) is 0 Å². The lowest BCUT2D eigenvalue weighted by Crippen LogP contribution is -1.86. The molecule has 0 radical (unpaired) electrons. The van der Waals surface area contributed by atoms with Crippen molar-refractivity contribution < 1.29 is 0 Å². The van der Waals surface area contributed by atoms with Gasteiger partial charge in [-0.2, -0.15) is 5.26 Å². The van der Waals surface area contributed by atoms with E-state index in [2.05, 4.69) is 60.5 Å². The van der Waals surface area contributed by atoms with Crippen molar-refractivity contribution in [3.63, 3.8) is 0 Å². The van der Waals surface area contributed by atoms with Crippen molar-refractivity contribution >= 4 is 54.5 Å². The van der Waals surface area contributed by atoms with Gasteiger partial charge in [0.1, 0.15) is 0 Å². The van der Waals surface area contributed by atoms with E-state index in [0.29, 0.717) is 6.42 Å². The van der Waals surface area contributed by atoms with E-state index in [1.807, 2.05) is 12.1 Å². The lowest BCUT2D eigenvalue weighted by Gasteiger charge is -2.03. The Kier molecular flexibility index (Phi) is 4.00. The van der Waals surface area contributed by atoms with Crippen LogP contribution >= 0.6 is 54.5 Å². The average Bonchev–Trinajstić information content (AvgIpc) is 2.07. The van der Waals surface area contributed by atoms with Gasteiger partial charge in [0.15, 0.2) is 0 Å². The van der Waals surface area contributed by atoms with E-state index in [4.69, 9.17) is 5.26 Å². The van der Waals surface area contributed by atoms with Crippen LogP contribution < -0.4 is 0 Å². The number of hydrogen-bond acceptors (Lipinski definition) is 1. The molecule has 12 heavy (non-hydrogen) atoms. The zero-order valence-corrected chi connectivity index (χ0v) is 11.3. The fourth-order valence-electron chi connectivity index (χ4n) is 0.788. The van der Waals surface area contributed by atoms with Gasteiger partial charge >= 0.3 is 0 Å². The molecule has 0 saturated carbocycles. The van der Waals surface area contributed by atoms with Crippen LogP contribution in [-0.2, 0) is 6.42 Å². The Bertz CT molecular complexity index is 344. The minimum absolute atomic E-state index is 0.441. The molecule has 1 nitrogen and oxygen atoms in total. The normalized spacial score (nSPS) is 9.50. The summed E-state index contributed by atoms with van der Waals surface area (Å²) in [6.45, 7) is 0. The van der Waals surface area contributed by atoms with Crippen LogP contribution in [0.25, 0.3) is 0 Å². The number of nitrogens with zero attached hydrogens (tertiary/aromatic N) is 1. The molecule has 0 aromatic heterocycles. The van der Waals surface area contributed by atoms with Gasteiger partial charge < -0.3 is 0 Å². The van der Waals surface area contributed by atoms with Crippen LogP contribution in [-0.4, -0.2) is 0 Å². The summed E-state index contributed by atoms with van der Waals surface area (Å²) in [5.74, 6) is 0. The monoisotopic (exact) mass is 399 g/mol. The Balaban J connectivity index is 3.19. The fourth-order valence-corrected chi connectivity index (χ4v) is 2.48. The van der Waals surface area contributed by atoms with Gasteiger partial charge in [-0.05, 0) is 66.1 Å². The summed E-state index contributed by atoms with van der Waals surface area (Å²) in [5, 5.41) is 8.52. The molecule has 62 valence electrons. The molecule has 0 heterocycles.